The molecule has 0 radical (unpaired) electrons. The minimum absolute atomic E-state index is 0.0780. The summed E-state index contributed by atoms with van der Waals surface area (Å²) in [6, 6.07) is 8.59. The zero-order valence-corrected chi connectivity index (χ0v) is 17.2. The molecule has 0 aliphatic carbocycles. The second-order valence-corrected chi connectivity index (χ2v) is 8.63. The zero-order valence-electron chi connectivity index (χ0n) is 14.0. The lowest BCUT2D eigenvalue weighted by atomic mass is 10.2. The van der Waals surface area contributed by atoms with Gasteiger partial charge in [0, 0.05) is 17.3 Å². The fraction of sp³-hybridized carbons (Fsp3) is 0.176. The van der Waals surface area contributed by atoms with Crippen LogP contribution in [0.4, 0.5) is 11.4 Å². The van der Waals surface area contributed by atoms with Gasteiger partial charge in [-0.3, -0.25) is 14.3 Å². The quantitative estimate of drug-likeness (QED) is 0.670. The van der Waals surface area contributed by atoms with Crippen molar-refractivity contribution < 1.29 is 22.7 Å². The van der Waals surface area contributed by atoms with Crippen LogP contribution in [0.5, 0.6) is 5.75 Å². The van der Waals surface area contributed by atoms with E-state index in [1.54, 1.807) is 12.1 Å². The van der Waals surface area contributed by atoms with Gasteiger partial charge in [-0.25, -0.2) is 13.3 Å². The van der Waals surface area contributed by atoms with E-state index in [4.69, 9.17) is 16.3 Å². The predicted molar refractivity (Wildman–Crippen MR) is 105 cm³/mol. The number of carbonyl (C=O) groups excluding carboxylic acids is 2. The first-order valence-corrected chi connectivity index (χ1v) is 10.4. The molecule has 142 valence electrons. The Bertz CT molecular complexity index is 1030. The van der Waals surface area contributed by atoms with E-state index in [9.17, 15) is 18.0 Å². The Morgan fingerprint density at radius 1 is 1.11 bits per heavy atom. The number of nitrogens with one attached hydrogen (secondary N) is 1. The summed E-state index contributed by atoms with van der Waals surface area (Å²) in [5.41, 5.74) is 0.371. The van der Waals surface area contributed by atoms with Crippen molar-refractivity contribution in [1.29, 1.82) is 0 Å². The van der Waals surface area contributed by atoms with Gasteiger partial charge in [0.25, 0.3) is 10.0 Å². The molecule has 10 heteroatoms. The minimum atomic E-state index is -3.98. The number of sulfonamides is 1. The van der Waals surface area contributed by atoms with Crippen LogP contribution >= 0.6 is 27.5 Å². The standard InChI is InChI=1S/C17H14BrClN2O5S/c1-26-15-5-3-11(9-14(15)21-16(22)6-7-17(21)23)27(24,25)20-10-2-4-12(18)13(19)8-10/h2-5,8-9,20H,6-7H2,1H3. The summed E-state index contributed by atoms with van der Waals surface area (Å²) in [7, 11) is -2.61. The molecule has 0 bridgehead atoms. The molecule has 1 fully saturated rings. The monoisotopic (exact) mass is 472 g/mol. The number of rotatable bonds is 5. The van der Waals surface area contributed by atoms with Crippen molar-refractivity contribution in [3.05, 3.63) is 45.9 Å². The molecule has 2 aromatic carbocycles. The van der Waals surface area contributed by atoms with Crippen molar-refractivity contribution in [3.63, 3.8) is 0 Å². The molecule has 0 aromatic heterocycles. The van der Waals surface area contributed by atoms with Crippen molar-refractivity contribution in [2.45, 2.75) is 17.7 Å². The average Bonchev–Trinajstić information content (AvgIpc) is 2.95. The Kier molecular flexibility index (Phi) is 5.45. The fourth-order valence-corrected chi connectivity index (χ4v) is 4.13. The number of halogens is 2. The van der Waals surface area contributed by atoms with E-state index in [0.29, 0.717) is 9.50 Å². The number of imide groups is 1. The van der Waals surface area contributed by atoms with Crippen LogP contribution in [-0.4, -0.2) is 27.3 Å². The summed E-state index contributed by atoms with van der Waals surface area (Å²) in [5.74, 6) is -0.578. The van der Waals surface area contributed by atoms with Gasteiger partial charge < -0.3 is 4.74 Å². The lowest BCUT2D eigenvalue weighted by Gasteiger charge is -2.18. The zero-order chi connectivity index (χ0) is 19.8. The van der Waals surface area contributed by atoms with Gasteiger partial charge in [-0.05, 0) is 52.3 Å². The number of hydrogen-bond donors (Lipinski definition) is 1. The van der Waals surface area contributed by atoms with Crippen LogP contribution in [0.3, 0.4) is 0 Å². The smallest absolute Gasteiger partial charge is 0.261 e. The normalized spacial score (nSPS) is 14.6. The molecule has 1 saturated heterocycles. The third-order valence-electron chi connectivity index (χ3n) is 3.92. The molecule has 7 nitrogen and oxygen atoms in total. The maximum Gasteiger partial charge on any atom is 0.261 e. The first-order chi connectivity index (χ1) is 12.7. The van der Waals surface area contributed by atoms with Crippen LogP contribution in [0.2, 0.25) is 5.02 Å². The highest BCUT2D eigenvalue weighted by molar-refractivity contribution is 9.10. The number of amides is 2. The third-order valence-corrected chi connectivity index (χ3v) is 6.54. The van der Waals surface area contributed by atoms with Crippen molar-refractivity contribution in [1.82, 2.24) is 0 Å². The van der Waals surface area contributed by atoms with Gasteiger partial charge in [0.05, 0.1) is 28.4 Å². The van der Waals surface area contributed by atoms with Gasteiger partial charge in [0.2, 0.25) is 11.8 Å². The maximum atomic E-state index is 12.7. The molecule has 27 heavy (non-hydrogen) atoms. The van der Waals surface area contributed by atoms with E-state index in [0.717, 1.165) is 4.90 Å². The van der Waals surface area contributed by atoms with E-state index in [2.05, 4.69) is 20.7 Å². The summed E-state index contributed by atoms with van der Waals surface area (Å²) in [4.78, 5) is 24.9. The summed E-state index contributed by atoms with van der Waals surface area (Å²) in [6.45, 7) is 0. The molecule has 1 N–H and O–H groups in total. The summed E-state index contributed by atoms with van der Waals surface area (Å²) in [5, 5.41) is 0.346. The van der Waals surface area contributed by atoms with Crippen LogP contribution in [0.15, 0.2) is 45.8 Å². The summed E-state index contributed by atoms with van der Waals surface area (Å²) < 4.78 is 33.7. The van der Waals surface area contributed by atoms with Crippen molar-refractivity contribution >= 4 is 60.7 Å². The number of nitrogens with zero attached hydrogens (tertiary/aromatic N) is 1. The number of anilines is 2. The molecule has 1 aliphatic rings. The molecule has 2 amide bonds. The highest BCUT2D eigenvalue weighted by Crippen LogP contribution is 2.35. The first-order valence-electron chi connectivity index (χ1n) is 7.74. The Labute approximate surface area is 169 Å². The third kappa shape index (κ3) is 3.95. The number of methoxy groups -OCH3 is 1. The van der Waals surface area contributed by atoms with Crippen LogP contribution in [-0.2, 0) is 19.6 Å². The molecule has 0 saturated carbocycles. The van der Waals surface area contributed by atoms with E-state index in [-0.39, 0.29) is 34.9 Å². The number of ether oxygens (including phenoxy) is 1. The topological polar surface area (TPSA) is 92.8 Å². The van der Waals surface area contributed by atoms with Crippen LogP contribution < -0.4 is 14.4 Å². The Balaban J connectivity index is 2.00. The minimum Gasteiger partial charge on any atom is -0.495 e. The van der Waals surface area contributed by atoms with Crippen molar-refractivity contribution in [3.8, 4) is 5.75 Å². The van der Waals surface area contributed by atoms with E-state index in [1.807, 2.05) is 0 Å². The highest BCUT2D eigenvalue weighted by atomic mass is 79.9. The molecule has 0 spiro atoms. The van der Waals surface area contributed by atoms with Gasteiger partial charge in [-0.2, -0.15) is 0 Å². The van der Waals surface area contributed by atoms with Crippen LogP contribution in [0.1, 0.15) is 12.8 Å². The van der Waals surface area contributed by atoms with Crippen LogP contribution in [0, 0.1) is 0 Å². The average molecular weight is 474 g/mol. The number of hydrogen-bond acceptors (Lipinski definition) is 5. The number of benzene rings is 2. The lowest BCUT2D eigenvalue weighted by Crippen LogP contribution is -2.29. The first kappa shape index (κ1) is 19.7. The Morgan fingerprint density at radius 3 is 2.37 bits per heavy atom. The summed E-state index contributed by atoms with van der Waals surface area (Å²) in [6.07, 6.45) is 0.156. The van der Waals surface area contributed by atoms with Gasteiger partial charge in [-0.1, -0.05) is 11.6 Å². The second kappa shape index (κ2) is 7.49. The van der Waals surface area contributed by atoms with Crippen molar-refractivity contribution in [2.75, 3.05) is 16.7 Å². The highest BCUT2D eigenvalue weighted by Gasteiger charge is 2.33. The van der Waals surface area contributed by atoms with E-state index < -0.39 is 21.8 Å². The van der Waals surface area contributed by atoms with Gasteiger partial charge in [0.1, 0.15) is 5.75 Å². The molecule has 2 aromatic rings. The number of carbonyl (C=O) groups is 2. The largest absolute Gasteiger partial charge is 0.495 e. The Morgan fingerprint density at radius 2 is 1.78 bits per heavy atom. The second-order valence-electron chi connectivity index (χ2n) is 5.69. The fourth-order valence-electron chi connectivity index (χ4n) is 2.63. The Hall–Kier alpha value is -2.10. The van der Waals surface area contributed by atoms with Gasteiger partial charge >= 0.3 is 0 Å². The SMILES string of the molecule is COc1ccc(S(=O)(=O)Nc2ccc(Br)c(Cl)c2)cc1N1C(=O)CCC1=O. The predicted octanol–water partition coefficient (Wildman–Crippen LogP) is 3.57. The van der Waals surface area contributed by atoms with Crippen molar-refractivity contribution in [2.24, 2.45) is 0 Å². The molecule has 1 aliphatic heterocycles. The molecule has 0 atom stereocenters. The van der Waals surface area contributed by atoms with Gasteiger partial charge in [0.15, 0.2) is 0 Å². The lowest BCUT2D eigenvalue weighted by molar-refractivity contribution is -0.121. The van der Waals surface area contributed by atoms with Gasteiger partial charge in [-0.15, -0.1) is 0 Å². The van der Waals surface area contributed by atoms with Crippen LogP contribution in [0.25, 0.3) is 0 Å². The molecular formula is C17H14BrClN2O5S. The molecule has 3 rings (SSSR count). The molecule has 1 heterocycles. The maximum absolute atomic E-state index is 12.7. The van der Waals surface area contributed by atoms with E-state index in [1.165, 1.54) is 31.4 Å². The van der Waals surface area contributed by atoms with E-state index >= 15 is 0 Å². The molecular weight excluding hydrogens is 460 g/mol. The molecule has 0 unspecified atom stereocenters. The summed E-state index contributed by atoms with van der Waals surface area (Å²) >= 11 is 9.23.